The quantitative estimate of drug-likeness (QED) is 0.411. The number of aldehydes is 1. The fraction of sp³-hybridized carbons (Fsp3) is 0.667. The molecule has 96 valence electrons. The predicted molar refractivity (Wildman–Crippen MR) is 71.8 cm³/mol. The van der Waals surface area contributed by atoms with Gasteiger partial charge in [0.1, 0.15) is 6.29 Å². The van der Waals surface area contributed by atoms with Crippen LogP contribution in [0, 0.1) is 10.8 Å². The minimum absolute atomic E-state index is 0.382. The summed E-state index contributed by atoms with van der Waals surface area (Å²) in [5, 5.41) is 11.1. The van der Waals surface area contributed by atoms with E-state index in [-0.39, 0.29) is 0 Å². The van der Waals surface area contributed by atoms with Crippen molar-refractivity contribution in [1.29, 1.82) is 5.41 Å². The number of rotatable bonds is 7. The van der Waals surface area contributed by atoms with Crippen molar-refractivity contribution in [3.05, 3.63) is 12.3 Å². The Bertz CT molecular complexity index is 286. The number of hydrogen-bond donors (Lipinski definition) is 2. The molecule has 2 N–H and O–H groups in total. The van der Waals surface area contributed by atoms with Gasteiger partial charge >= 0.3 is 0 Å². The SMILES string of the molecule is CSCCN/C=C\C(=N)C1(C=O)CCOCC1. The van der Waals surface area contributed by atoms with E-state index in [1.54, 1.807) is 24.0 Å². The average molecular weight is 256 g/mol. The van der Waals surface area contributed by atoms with Crippen LogP contribution in [0.4, 0.5) is 0 Å². The number of carbonyl (C=O) groups excluding carboxylic acids is 1. The lowest BCUT2D eigenvalue weighted by Crippen LogP contribution is -2.37. The van der Waals surface area contributed by atoms with Crippen LogP contribution >= 0.6 is 11.8 Å². The second-order valence-corrected chi connectivity index (χ2v) is 5.07. The lowest BCUT2D eigenvalue weighted by molar-refractivity contribution is -0.116. The van der Waals surface area contributed by atoms with E-state index in [9.17, 15) is 4.79 Å². The van der Waals surface area contributed by atoms with Crippen molar-refractivity contribution in [2.45, 2.75) is 12.8 Å². The molecule has 1 rings (SSSR count). The lowest BCUT2D eigenvalue weighted by atomic mass is 9.77. The minimum Gasteiger partial charge on any atom is -0.390 e. The summed E-state index contributed by atoms with van der Waals surface area (Å²) in [7, 11) is 0. The molecule has 4 nitrogen and oxygen atoms in total. The maximum absolute atomic E-state index is 11.2. The number of allylic oxidation sites excluding steroid dienone is 1. The Balaban J connectivity index is 2.46. The standard InChI is InChI=1S/C12H20N2O2S/c1-17-9-6-14-5-2-11(13)12(10-15)3-7-16-8-4-12/h2,5,10,13-14H,3-4,6-9H2,1H3/b5-2-,13-11?. The highest BCUT2D eigenvalue weighted by atomic mass is 32.2. The summed E-state index contributed by atoms with van der Waals surface area (Å²) >= 11 is 1.77. The third kappa shape index (κ3) is 4.16. The first-order chi connectivity index (χ1) is 8.25. The van der Waals surface area contributed by atoms with Gasteiger partial charge in [0.2, 0.25) is 0 Å². The number of nitrogens with one attached hydrogen (secondary N) is 2. The molecule has 0 aromatic carbocycles. The van der Waals surface area contributed by atoms with Gasteiger partial charge < -0.3 is 20.3 Å². The molecule has 0 saturated carbocycles. The van der Waals surface area contributed by atoms with E-state index < -0.39 is 5.41 Å². The topological polar surface area (TPSA) is 62.2 Å². The molecule has 17 heavy (non-hydrogen) atoms. The van der Waals surface area contributed by atoms with E-state index in [2.05, 4.69) is 11.6 Å². The molecule has 0 aromatic heterocycles. The van der Waals surface area contributed by atoms with Crippen molar-refractivity contribution in [1.82, 2.24) is 5.32 Å². The average Bonchev–Trinajstić information content (AvgIpc) is 2.39. The normalized spacial score (nSPS) is 19.1. The lowest BCUT2D eigenvalue weighted by Gasteiger charge is -2.31. The highest BCUT2D eigenvalue weighted by molar-refractivity contribution is 7.98. The molecular weight excluding hydrogens is 236 g/mol. The van der Waals surface area contributed by atoms with E-state index in [0.717, 1.165) is 18.6 Å². The molecule has 0 amide bonds. The molecule has 0 spiro atoms. The molecule has 1 saturated heterocycles. The number of hydrogen-bond acceptors (Lipinski definition) is 5. The van der Waals surface area contributed by atoms with Gasteiger partial charge in [-0.1, -0.05) is 0 Å². The molecule has 1 heterocycles. The zero-order chi connectivity index (χ0) is 12.6. The Labute approximate surface area is 107 Å². The molecule has 0 unspecified atom stereocenters. The fourth-order valence-electron chi connectivity index (χ4n) is 1.74. The first kappa shape index (κ1) is 14.3. The first-order valence-electron chi connectivity index (χ1n) is 5.77. The molecule has 0 aliphatic carbocycles. The number of carbonyl (C=O) groups is 1. The summed E-state index contributed by atoms with van der Waals surface area (Å²) in [6.45, 7) is 2.01. The number of ether oxygens (including phenoxy) is 1. The highest BCUT2D eigenvalue weighted by Gasteiger charge is 2.35. The fourth-order valence-corrected chi connectivity index (χ4v) is 2.06. The zero-order valence-electron chi connectivity index (χ0n) is 10.2. The Hall–Kier alpha value is -0.810. The molecular formula is C12H20N2O2S. The van der Waals surface area contributed by atoms with Gasteiger partial charge in [-0.2, -0.15) is 11.8 Å². The summed E-state index contributed by atoms with van der Waals surface area (Å²) < 4.78 is 5.24. The van der Waals surface area contributed by atoms with Crippen molar-refractivity contribution in [2.75, 3.05) is 31.8 Å². The minimum atomic E-state index is -0.629. The summed E-state index contributed by atoms with van der Waals surface area (Å²) in [6, 6.07) is 0. The van der Waals surface area contributed by atoms with E-state index in [4.69, 9.17) is 10.1 Å². The summed E-state index contributed by atoms with van der Waals surface area (Å²) in [5.41, 5.74) is -0.247. The van der Waals surface area contributed by atoms with Crippen molar-refractivity contribution >= 4 is 23.8 Å². The van der Waals surface area contributed by atoms with Gasteiger partial charge in [-0.05, 0) is 31.4 Å². The van der Waals surface area contributed by atoms with E-state index in [1.165, 1.54) is 0 Å². The molecule has 0 aromatic rings. The van der Waals surface area contributed by atoms with E-state index in [1.807, 2.05) is 0 Å². The van der Waals surface area contributed by atoms with Crippen LogP contribution in [0.2, 0.25) is 0 Å². The van der Waals surface area contributed by atoms with Crippen LogP contribution in [-0.4, -0.2) is 43.8 Å². The molecule has 1 fully saturated rings. The monoisotopic (exact) mass is 256 g/mol. The summed E-state index contributed by atoms with van der Waals surface area (Å²) in [6.07, 6.45) is 7.65. The van der Waals surface area contributed by atoms with Gasteiger partial charge in [0, 0.05) is 31.2 Å². The summed E-state index contributed by atoms with van der Waals surface area (Å²) in [5.74, 6) is 1.03. The molecule has 5 heteroatoms. The maximum Gasteiger partial charge on any atom is 0.132 e. The van der Waals surface area contributed by atoms with Crippen LogP contribution in [0.25, 0.3) is 0 Å². The van der Waals surface area contributed by atoms with Crippen LogP contribution < -0.4 is 5.32 Å². The highest BCUT2D eigenvalue weighted by Crippen LogP contribution is 2.29. The predicted octanol–water partition coefficient (Wildman–Crippen LogP) is 1.47. The van der Waals surface area contributed by atoms with Gasteiger partial charge in [0.05, 0.1) is 5.41 Å². The van der Waals surface area contributed by atoms with Crippen molar-refractivity contribution in [2.24, 2.45) is 5.41 Å². The van der Waals surface area contributed by atoms with Crippen LogP contribution in [0.5, 0.6) is 0 Å². The molecule has 0 radical (unpaired) electrons. The Morgan fingerprint density at radius 1 is 1.53 bits per heavy atom. The molecule has 1 aliphatic heterocycles. The Kier molecular flexibility index (Phi) is 6.29. The van der Waals surface area contributed by atoms with Gasteiger partial charge in [0.25, 0.3) is 0 Å². The van der Waals surface area contributed by atoms with Gasteiger partial charge in [-0.3, -0.25) is 0 Å². The van der Waals surface area contributed by atoms with Crippen LogP contribution in [-0.2, 0) is 9.53 Å². The van der Waals surface area contributed by atoms with Crippen LogP contribution in [0.15, 0.2) is 12.3 Å². The van der Waals surface area contributed by atoms with Crippen LogP contribution in [0.1, 0.15) is 12.8 Å². The Morgan fingerprint density at radius 2 is 2.24 bits per heavy atom. The number of thioether (sulfide) groups is 1. The van der Waals surface area contributed by atoms with Gasteiger partial charge in [0.15, 0.2) is 0 Å². The maximum atomic E-state index is 11.2. The zero-order valence-corrected chi connectivity index (χ0v) is 11.0. The molecule has 0 bridgehead atoms. The summed E-state index contributed by atoms with van der Waals surface area (Å²) in [4.78, 5) is 11.2. The second kappa shape index (κ2) is 7.50. The van der Waals surface area contributed by atoms with Crippen molar-refractivity contribution < 1.29 is 9.53 Å². The van der Waals surface area contributed by atoms with Crippen molar-refractivity contribution in [3.63, 3.8) is 0 Å². The van der Waals surface area contributed by atoms with E-state index >= 15 is 0 Å². The smallest absolute Gasteiger partial charge is 0.132 e. The second-order valence-electron chi connectivity index (χ2n) is 4.08. The third-order valence-corrected chi connectivity index (χ3v) is 3.58. The third-order valence-electron chi connectivity index (χ3n) is 2.97. The van der Waals surface area contributed by atoms with Gasteiger partial charge in [-0.25, -0.2) is 0 Å². The Morgan fingerprint density at radius 3 is 2.82 bits per heavy atom. The largest absolute Gasteiger partial charge is 0.390 e. The van der Waals surface area contributed by atoms with Gasteiger partial charge in [-0.15, -0.1) is 0 Å². The first-order valence-corrected chi connectivity index (χ1v) is 7.16. The van der Waals surface area contributed by atoms with Crippen LogP contribution in [0.3, 0.4) is 0 Å². The molecule has 0 atom stereocenters. The van der Waals surface area contributed by atoms with E-state index in [0.29, 0.717) is 31.8 Å². The van der Waals surface area contributed by atoms with Crippen molar-refractivity contribution in [3.8, 4) is 0 Å². The molecule has 1 aliphatic rings.